The van der Waals surface area contributed by atoms with Gasteiger partial charge in [0.1, 0.15) is 0 Å². The third-order valence-electron chi connectivity index (χ3n) is 4.23. The van der Waals surface area contributed by atoms with Gasteiger partial charge in [0, 0.05) is 24.2 Å². The zero-order chi connectivity index (χ0) is 16.5. The minimum atomic E-state index is -3.77. The maximum absolute atomic E-state index is 12.7. The third-order valence-corrected chi connectivity index (χ3v) is 6.11. The lowest BCUT2D eigenvalue weighted by atomic mass is 10.0. The molecule has 0 bridgehead atoms. The van der Waals surface area contributed by atoms with E-state index in [1.54, 1.807) is 13.8 Å². The van der Waals surface area contributed by atoms with E-state index >= 15 is 0 Å². The van der Waals surface area contributed by atoms with Crippen LogP contribution in [0, 0.1) is 24.0 Å². The van der Waals surface area contributed by atoms with Crippen molar-refractivity contribution in [3.05, 3.63) is 33.4 Å². The second-order valence-electron chi connectivity index (χ2n) is 5.96. The number of nitrogens with two attached hydrogens (primary N) is 1. The molecule has 1 aliphatic rings. The van der Waals surface area contributed by atoms with Crippen LogP contribution in [-0.4, -0.2) is 25.4 Å². The monoisotopic (exact) mass is 363 g/mol. The van der Waals surface area contributed by atoms with Gasteiger partial charge in [-0.05, 0) is 37.8 Å². The lowest BCUT2D eigenvalue weighted by Crippen LogP contribution is -2.51. The van der Waals surface area contributed by atoms with Crippen LogP contribution in [0.5, 0.6) is 0 Å². The third kappa shape index (κ3) is 4.00. The van der Waals surface area contributed by atoms with E-state index in [4.69, 9.17) is 5.73 Å². The number of sulfonamides is 1. The van der Waals surface area contributed by atoms with E-state index in [2.05, 4.69) is 4.72 Å². The summed E-state index contributed by atoms with van der Waals surface area (Å²) in [5, 5.41) is 10.9. The van der Waals surface area contributed by atoms with E-state index in [0.717, 1.165) is 12.8 Å². The molecule has 1 aromatic rings. The van der Waals surface area contributed by atoms with Crippen LogP contribution in [0.25, 0.3) is 0 Å². The Labute approximate surface area is 142 Å². The molecule has 0 radical (unpaired) electrons. The summed E-state index contributed by atoms with van der Waals surface area (Å²) in [4.78, 5) is 10.4. The van der Waals surface area contributed by atoms with Crippen molar-refractivity contribution in [2.75, 3.05) is 6.54 Å². The Bertz CT molecular complexity index is 677. The number of benzene rings is 1. The summed E-state index contributed by atoms with van der Waals surface area (Å²) in [6.45, 7) is 3.38. The molecule has 0 saturated heterocycles. The highest BCUT2D eigenvalue weighted by atomic mass is 35.5. The van der Waals surface area contributed by atoms with E-state index in [-0.39, 0.29) is 29.5 Å². The van der Waals surface area contributed by atoms with E-state index in [1.165, 1.54) is 12.1 Å². The summed E-state index contributed by atoms with van der Waals surface area (Å²) < 4.78 is 28.2. The first-order valence-electron chi connectivity index (χ1n) is 7.20. The zero-order valence-electron chi connectivity index (χ0n) is 13.2. The fraction of sp³-hybridized carbons (Fsp3) is 0.571. The number of halogens is 1. The minimum Gasteiger partial charge on any atom is -0.329 e. The summed E-state index contributed by atoms with van der Waals surface area (Å²) in [5.74, 6) is 0. The molecule has 3 N–H and O–H groups in total. The zero-order valence-corrected chi connectivity index (χ0v) is 14.8. The van der Waals surface area contributed by atoms with E-state index in [0.29, 0.717) is 24.0 Å². The molecule has 1 fully saturated rings. The van der Waals surface area contributed by atoms with Crippen LogP contribution in [0.15, 0.2) is 17.0 Å². The first kappa shape index (κ1) is 19.8. The van der Waals surface area contributed by atoms with Gasteiger partial charge in [-0.1, -0.05) is 12.8 Å². The number of nitro groups is 1. The smallest absolute Gasteiger partial charge is 0.270 e. The van der Waals surface area contributed by atoms with Crippen LogP contribution in [0.4, 0.5) is 5.69 Å². The predicted octanol–water partition coefficient (Wildman–Crippen LogP) is 2.18. The van der Waals surface area contributed by atoms with Crippen molar-refractivity contribution in [2.24, 2.45) is 5.73 Å². The van der Waals surface area contributed by atoms with Crippen molar-refractivity contribution < 1.29 is 13.3 Å². The Balaban J connectivity index is 0.00000264. The standard InChI is InChI=1S/C14H21N3O4S.ClH/c1-10-7-12(17(18)19)8-11(2)13(10)22(20,21)16-14(9-15)5-3-4-6-14;/h7-8,16H,3-6,9,15H2,1-2H3;1H. The molecule has 0 aliphatic heterocycles. The molecule has 0 atom stereocenters. The number of aryl methyl sites for hydroxylation is 2. The van der Waals surface area contributed by atoms with Crippen LogP contribution in [0.1, 0.15) is 36.8 Å². The van der Waals surface area contributed by atoms with Crippen molar-refractivity contribution >= 4 is 28.1 Å². The molecular weight excluding hydrogens is 342 g/mol. The first-order chi connectivity index (χ1) is 10.2. The maximum Gasteiger partial charge on any atom is 0.270 e. The van der Waals surface area contributed by atoms with Gasteiger partial charge in [0.15, 0.2) is 0 Å². The molecule has 0 amide bonds. The van der Waals surface area contributed by atoms with E-state index in [1.807, 2.05) is 0 Å². The highest BCUT2D eigenvalue weighted by Crippen LogP contribution is 2.32. The minimum absolute atomic E-state index is 0. The Hall–Kier alpha value is -1.22. The molecule has 0 spiro atoms. The Morgan fingerprint density at radius 2 is 1.74 bits per heavy atom. The van der Waals surface area contributed by atoms with Crippen molar-refractivity contribution in [2.45, 2.75) is 50.0 Å². The second kappa shape index (κ2) is 7.12. The molecule has 130 valence electrons. The van der Waals surface area contributed by atoms with Gasteiger partial charge in [-0.3, -0.25) is 10.1 Å². The van der Waals surface area contributed by atoms with Gasteiger partial charge in [0.05, 0.1) is 9.82 Å². The second-order valence-corrected chi connectivity index (χ2v) is 7.58. The summed E-state index contributed by atoms with van der Waals surface area (Å²) in [5.41, 5.74) is 5.80. The van der Waals surface area contributed by atoms with E-state index < -0.39 is 20.5 Å². The van der Waals surface area contributed by atoms with Crippen LogP contribution in [0.2, 0.25) is 0 Å². The van der Waals surface area contributed by atoms with Gasteiger partial charge in [-0.15, -0.1) is 12.4 Å². The summed E-state index contributed by atoms with van der Waals surface area (Å²) >= 11 is 0. The molecule has 0 aromatic heterocycles. The number of rotatable bonds is 5. The molecule has 1 aromatic carbocycles. The van der Waals surface area contributed by atoms with Crippen molar-refractivity contribution in [1.82, 2.24) is 4.72 Å². The number of hydrogen-bond acceptors (Lipinski definition) is 5. The predicted molar refractivity (Wildman–Crippen MR) is 90.4 cm³/mol. The lowest BCUT2D eigenvalue weighted by molar-refractivity contribution is -0.385. The van der Waals surface area contributed by atoms with Crippen LogP contribution in [-0.2, 0) is 10.0 Å². The average Bonchev–Trinajstić information content (AvgIpc) is 2.85. The highest BCUT2D eigenvalue weighted by Gasteiger charge is 2.37. The summed E-state index contributed by atoms with van der Waals surface area (Å²) in [6.07, 6.45) is 3.32. The summed E-state index contributed by atoms with van der Waals surface area (Å²) in [7, 11) is -3.77. The summed E-state index contributed by atoms with van der Waals surface area (Å²) in [6, 6.07) is 2.57. The molecule has 1 saturated carbocycles. The van der Waals surface area contributed by atoms with Gasteiger partial charge < -0.3 is 5.73 Å². The molecule has 1 aliphatic carbocycles. The number of nitro benzene ring substituents is 1. The molecule has 7 nitrogen and oxygen atoms in total. The molecule has 0 heterocycles. The van der Waals surface area contributed by atoms with Gasteiger partial charge in [-0.25, -0.2) is 13.1 Å². The molecular formula is C14H22ClN3O4S. The fourth-order valence-electron chi connectivity index (χ4n) is 3.19. The SMILES string of the molecule is Cc1cc([N+](=O)[O-])cc(C)c1S(=O)(=O)NC1(CN)CCCC1.Cl. The van der Waals surface area contributed by atoms with Gasteiger partial charge >= 0.3 is 0 Å². The number of nitrogens with one attached hydrogen (secondary N) is 1. The fourth-order valence-corrected chi connectivity index (χ4v) is 5.12. The average molecular weight is 364 g/mol. The Morgan fingerprint density at radius 1 is 1.26 bits per heavy atom. The normalized spacial score (nSPS) is 16.8. The molecule has 9 heteroatoms. The van der Waals surface area contributed by atoms with E-state index in [9.17, 15) is 18.5 Å². The highest BCUT2D eigenvalue weighted by molar-refractivity contribution is 7.89. The largest absolute Gasteiger partial charge is 0.329 e. The van der Waals surface area contributed by atoms with Crippen molar-refractivity contribution in [3.8, 4) is 0 Å². The molecule has 2 rings (SSSR count). The van der Waals surface area contributed by atoms with Gasteiger partial charge in [0.25, 0.3) is 5.69 Å². The van der Waals surface area contributed by atoms with Crippen LogP contribution in [0.3, 0.4) is 0 Å². The topological polar surface area (TPSA) is 115 Å². The van der Waals surface area contributed by atoms with Gasteiger partial charge in [0.2, 0.25) is 10.0 Å². The maximum atomic E-state index is 12.7. The van der Waals surface area contributed by atoms with Crippen molar-refractivity contribution in [1.29, 1.82) is 0 Å². The Kier molecular flexibility index (Phi) is 6.14. The number of nitrogens with zero attached hydrogens (tertiary/aromatic N) is 1. The Morgan fingerprint density at radius 3 is 2.13 bits per heavy atom. The number of hydrogen-bond donors (Lipinski definition) is 2. The van der Waals surface area contributed by atoms with Crippen molar-refractivity contribution in [3.63, 3.8) is 0 Å². The number of non-ortho nitro benzene ring substituents is 1. The molecule has 23 heavy (non-hydrogen) atoms. The van der Waals surface area contributed by atoms with Crippen LogP contribution < -0.4 is 10.5 Å². The first-order valence-corrected chi connectivity index (χ1v) is 8.69. The van der Waals surface area contributed by atoms with Crippen LogP contribution >= 0.6 is 12.4 Å². The quantitative estimate of drug-likeness (QED) is 0.614. The lowest BCUT2D eigenvalue weighted by Gasteiger charge is -2.29. The molecule has 0 unspecified atom stereocenters. The van der Waals surface area contributed by atoms with Gasteiger partial charge in [-0.2, -0.15) is 0 Å².